The highest BCUT2D eigenvalue weighted by atomic mass is 16.2. The van der Waals surface area contributed by atoms with Gasteiger partial charge < -0.3 is 0 Å². The number of hydrogen-bond acceptors (Lipinski definition) is 4. The fourth-order valence-corrected chi connectivity index (χ4v) is 4.24. The third kappa shape index (κ3) is 1.93. The van der Waals surface area contributed by atoms with E-state index in [1.165, 1.54) is 4.90 Å². The molecule has 3 heterocycles. The molecule has 0 radical (unpaired) electrons. The molecule has 0 aromatic heterocycles. The zero-order valence-corrected chi connectivity index (χ0v) is 12.9. The Labute approximate surface area is 134 Å². The largest absolute Gasteiger partial charge is 0.293 e. The molecule has 3 aliphatic rings. The summed E-state index contributed by atoms with van der Waals surface area (Å²) in [6.07, 6.45) is 3.35. The van der Waals surface area contributed by atoms with Crippen molar-refractivity contribution in [2.75, 3.05) is 6.54 Å². The van der Waals surface area contributed by atoms with Crippen molar-refractivity contribution in [1.29, 1.82) is 0 Å². The molecule has 23 heavy (non-hydrogen) atoms. The number of carbonyl (C=O) groups excluding carboxylic acids is 3. The zero-order valence-electron chi connectivity index (χ0n) is 12.9. The third-order valence-electron chi connectivity index (χ3n) is 5.21. The van der Waals surface area contributed by atoms with Crippen LogP contribution in [-0.2, 0) is 20.9 Å². The van der Waals surface area contributed by atoms with Crippen molar-refractivity contribution < 1.29 is 14.4 Å². The van der Waals surface area contributed by atoms with E-state index in [0.29, 0.717) is 13.1 Å². The van der Waals surface area contributed by atoms with E-state index in [4.69, 9.17) is 0 Å². The van der Waals surface area contributed by atoms with Gasteiger partial charge in [0.05, 0.1) is 17.9 Å². The Bertz CT molecular complexity index is 712. The summed E-state index contributed by atoms with van der Waals surface area (Å²) in [6, 6.07) is 9.17. The summed E-state index contributed by atoms with van der Waals surface area (Å²) in [5, 5.41) is 0. The Hall–Kier alpha value is -2.27. The summed E-state index contributed by atoms with van der Waals surface area (Å²) in [5.41, 5.74) is 1.08. The maximum absolute atomic E-state index is 12.6. The van der Waals surface area contributed by atoms with Crippen molar-refractivity contribution in [3.63, 3.8) is 0 Å². The van der Waals surface area contributed by atoms with Gasteiger partial charge >= 0.3 is 0 Å². The minimum Gasteiger partial charge on any atom is -0.293 e. The van der Waals surface area contributed by atoms with E-state index in [9.17, 15) is 14.4 Å². The van der Waals surface area contributed by atoms with Crippen LogP contribution in [-0.4, -0.2) is 46.0 Å². The topological polar surface area (TPSA) is 57.7 Å². The Morgan fingerprint density at radius 2 is 1.70 bits per heavy atom. The average Bonchev–Trinajstić information content (AvgIpc) is 2.93. The van der Waals surface area contributed by atoms with Crippen LogP contribution in [0.2, 0.25) is 0 Å². The van der Waals surface area contributed by atoms with E-state index in [0.717, 1.165) is 5.56 Å². The van der Waals surface area contributed by atoms with Gasteiger partial charge in [0.2, 0.25) is 11.8 Å². The van der Waals surface area contributed by atoms with Crippen LogP contribution in [0.25, 0.3) is 0 Å². The maximum Gasteiger partial charge on any atom is 0.235 e. The van der Waals surface area contributed by atoms with Crippen molar-refractivity contribution in [1.82, 2.24) is 9.80 Å². The van der Waals surface area contributed by atoms with E-state index in [1.807, 2.05) is 35.2 Å². The number of carbonyl (C=O) groups is 3. The molecule has 4 rings (SSSR count). The van der Waals surface area contributed by atoms with Crippen LogP contribution in [0.15, 0.2) is 42.5 Å². The molecular weight excluding hydrogens is 292 g/mol. The molecule has 0 unspecified atom stereocenters. The molecule has 0 N–H and O–H groups in total. The number of rotatable bonds is 3. The van der Waals surface area contributed by atoms with E-state index in [-0.39, 0.29) is 23.6 Å². The van der Waals surface area contributed by atoms with E-state index >= 15 is 0 Å². The molecule has 118 valence electrons. The van der Waals surface area contributed by atoms with Crippen LogP contribution in [0.1, 0.15) is 12.5 Å². The Balaban J connectivity index is 1.72. The molecule has 2 saturated heterocycles. The van der Waals surface area contributed by atoms with Crippen molar-refractivity contribution in [2.24, 2.45) is 11.8 Å². The number of ketones is 1. The number of hydrogen-bond donors (Lipinski definition) is 0. The molecule has 0 spiro atoms. The summed E-state index contributed by atoms with van der Waals surface area (Å²) >= 11 is 0. The molecule has 4 atom stereocenters. The highest BCUT2D eigenvalue weighted by Crippen LogP contribution is 2.45. The Morgan fingerprint density at radius 3 is 2.39 bits per heavy atom. The molecular formula is C18H18N2O3. The number of fused-ring (bicyclic) bond motifs is 5. The molecule has 1 aromatic carbocycles. The summed E-state index contributed by atoms with van der Waals surface area (Å²) in [5.74, 6) is -1.33. The van der Waals surface area contributed by atoms with Gasteiger partial charge in [0.25, 0.3) is 0 Å². The average molecular weight is 310 g/mol. The predicted octanol–water partition coefficient (Wildman–Crippen LogP) is 0.999. The van der Waals surface area contributed by atoms with Crippen LogP contribution in [0.4, 0.5) is 0 Å². The minimum atomic E-state index is -0.529. The number of likely N-dealkylation sites (tertiary alicyclic amines) is 1. The summed E-state index contributed by atoms with van der Waals surface area (Å²) in [4.78, 5) is 41.0. The van der Waals surface area contributed by atoms with Gasteiger partial charge in [0.1, 0.15) is 0 Å². The number of imide groups is 1. The summed E-state index contributed by atoms with van der Waals surface area (Å²) in [7, 11) is 0. The van der Waals surface area contributed by atoms with Crippen LogP contribution in [0, 0.1) is 11.8 Å². The van der Waals surface area contributed by atoms with E-state index in [2.05, 4.69) is 0 Å². The van der Waals surface area contributed by atoms with Crippen molar-refractivity contribution >= 4 is 17.6 Å². The first kappa shape index (κ1) is 14.3. The second-order valence-corrected chi connectivity index (χ2v) is 6.33. The predicted molar refractivity (Wildman–Crippen MR) is 83.1 cm³/mol. The molecule has 0 saturated carbocycles. The highest BCUT2D eigenvalue weighted by molar-refractivity contribution is 6.11. The van der Waals surface area contributed by atoms with Gasteiger partial charge in [-0.25, -0.2) is 0 Å². The quantitative estimate of drug-likeness (QED) is 0.782. The van der Waals surface area contributed by atoms with Crippen LogP contribution < -0.4 is 0 Å². The van der Waals surface area contributed by atoms with Crippen LogP contribution in [0.3, 0.4) is 0 Å². The lowest BCUT2D eigenvalue weighted by Gasteiger charge is -2.33. The second-order valence-electron chi connectivity index (χ2n) is 6.33. The standard InChI is InChI=1S/C18H18N2O3/c1-2-19-17(22)14-12-8-9-13(21)16(15(14)18(19)23)20(12)10-11-6-4-3-5-7-11/h3-9,12,14-16H,2,10H2,1H3/t12-,14-,15-,16+/m0/s1. The molecule has 2 fully saturated rings. The Morgan fingerprint density at radius 1 is 1.00 bits per heavy atom. The lowest BCUT2D eigenvalue weighted by Crippen LogP contribution is -2.48. The van der Waals surface area contributed by atoms with Crippen molar-refractivity contribution in [3.05, 3.63) is 48.0 Å². The fraction of sp³-hybridized carbons (Fsp3) is 0.389. The van der Waals surface area contributed by atoms with Gasteiger partial charge in [-0.2, -0.15) is 0 Å². The second kappa shape index (κ2) is 5.13. The summed E-state index contributed by atoms with van der Waals surface area (Å²) in [6.45, 7) is 2.75. The van der Waals surface area contributed by atoms with Gasteiger partial charge in [-0.3, -0.25) is 24.2 Å². The fourth-order valence-electron chi connectivity index (χ4n) is 4.24. The van der Waals surface area contributed by atoms with Crippen molar-refractivity contribution in [2.45, 2.75) is 25.6 Å². The zero-order chi connectivity index (χ0) is 16.1. The lowest BCUT2D eigenvalue weighted by atomic mass is 9.90. The SMILES string of the molecule is CCN1C(=O)[C@@H]2[C@H](C1=O)[C@H]1C(=O)C=C[C@@H]2N1Cc1ccccc1. The van der Waals surface area contributed by atoms with E-state index < -0.39 is 17.9 Å². The van der Waals surface area contributed by atoms with E-state index in [1.54, 1.807) is 19.1 Å². The first-order valence-corrected chi connectivity index (χ1v) is 8.00. The number of benzene rings is 1. The Kier molecular flexibility index (Phi) is 3.20. The third-order valence-corrected chi connectivity index (χ3v) is 5.21. The van der Waals surface area contributed by atoms with Gasteiger partial charge in [0.15, 0.2) is 5.78 Å². The van der Waals surface area contributed by atoms with Gasteiger partial charge in [-0.05, 0) is 18.6 Å². The number of nitrogens with zero attached hydrogens (tertiary/aromatic N) is 2. The maximum atomic E-state index is 12.6. The molecule has 5 heteroatoms. The van der Waals surface area contributed by atoms with Gasteiger partial charge in [-0.1, -0.05) is 36.4 Å². The molecule has 2 bridgehead atoms. The van der Waals surface area contributed by atoms with Gasteiger partial charge in [0, 0.05) is 19.1 Å². The summed E-state index contributed by atoms with van der Waals surface area (Å²) < 4.78 is 0. The van der Waals surface area contributed by atoms with Crippen LogP contribution in [0.5, 0.6) is 0 Å². The molecule has 3 aliphatic heterocycles. The van der Waals surface area contributed by atoms with Crippen molar-refractivity contribution in [3.8, 4) is 0 Å². The molecule has 2 amide bonds. The molecule has 1 aromatic rings. The molecule has 0 aliphatic carbocycles. The van der Waals surface area contributed by atoms with Gasteiger partial charge in [-0.15, -0.1) is 0 Å². The minimum absolute atomic E-state index is 0.0659. The monoisotopic (exact) mass is 310 g/mol. The molecule has 5 nitrogen and oxygen atoms in total. The normalized spacial score (nSPS) is 32.7. The first-order valence-electron chi connectivity index (χ1n) is 8.00. The lowest BCUT2D eigenvalue weighted by molar-refractivity contribution is -0.142. The highest BCUT2D eigenvalue weighted by Gasteiger charge is 2.63. The first-order chi connectivity index (χ1) is 11.1. The van der Waals surface area contributed by atoms with Crippen LogP contribution >= 0.6 is 0 Å². The smallest absolute Gasteiger partial charge is 0.235 e. The number of amides is 2.